The van der Waals surface area contributed by atoms with Gasteiger partial charge in [0.05, 0.1) is 0 Å². The van der Waals surface area contributed by atoms with Crippen LogP contribution in [-0.4, -0.2) is 36.1 Å². The Kier molecular flexibility index (Phi) is 4.74. The number of rotatable bonds is 6. The average molecular weight is 310 g/mol. The molecule has 0 saturated carbocycles. The largest absolute Gasteiger partial charge is 0.392 e. The SMILES string of the molecule is CC(C)NCC(O)CON=C1c2ccccc2-c2ccccc21. The van der Waals surface area contributed by atoms with Gasteiger partial charge in [0.15, 0.2) is 0 Å². The van der Waals surface area contributed by atoms with E-state index in [9.17, 15) is 5.11 Å². The zero-order valence-electron chi connectivity index (χ0n) is 13.5. The third kappa shape index (κ3) is 3.44. The van der Waals surface area contributed by atoms with E-state index in [1.54, 1.807) is 0 Å². The summed E-state index contributed by atoms with van der Waals surface area (Å²) in [5.41, 5.74) is 5.33. The lowest BCUT2D eigenvalue weighted by molar-refractivity contribution is 0.0396. The molecule has 2 aromatic carbocycles. The van der Waals surface area contributed by atoms with E-state index in [1.807, 2.05) is 50.2 Å². The lowest BCUT2D eigenvalue weighted by atomic mass is 10.1. The second-order valence-electron chi connectivity index (χ2n) is 6.04. The third-order valence-electron chi connectivity index (χ3n) is 3.84. The van der Waals surface area contributed by atoms with Crippen LogP contribution in [0.3, 0.4) is 0 Å². The van der Waals surface area contributed by atoms with Crippen LogP contribution in [0, 0.1) is 0 Å². The first-order valence-electron chi connectivity index (χ1n) is 7.97. The van der Waals surface area contributed by atoms with E-state index in [0.717, 1.165) is 16.8 Å². The van der Waals surface area contributed by atoms with Crippen molar-refractivity contribution in [2.45, 2.75) is 26.0 Å². The van der Waals surface area contributed by atoms with E-state index >= 15 is 0 Å². The van der Waals surface area contributed by atoms with Crippen molar-refractivity contribution in [3.63, 3.8) is 0 Å². The summed E-state index contributed by atoms with van der Waals surface area (Å²) in [7, 11) is 0. The Balaban J connectivity index is 1.75. The maximum Gasteiger partial charge on any atom is 0.144 e. The van der Waals surface area contributed by atoms with Crippen molar-refractivity contribution in [2.24, 2.45) is 5.16 Å². The fourth-order valence-electron chi connectivity index (χ4n) is 2.71. The Bertz CT molecular complexity index is 663. The second-order valence-corrected chi connectivity index (χ2v) is 6.04. The summed E-state index contributed by atoms with van der Waals surface area (Å²) in [4.78, 5) is 5.42. The van der Waals surface area contributed by atoms with Gasteiger partial charge in [-0.25, -0.2) is 0 Å². The maximum atomic E-state index is 9.91. The van der Waals surface area contributed by atoms with Crippen molar-refractivity contribution in [2.75, 3.05) is 13.2 Å². The summed E-state index contributed by atoms with van der Waals surface area (Å²) >= 11 is 0. The Morgan fingerprint density at radius 3 is 2.00 bits per heavy atom. The van der Waals surface area contributed by atoms with E-state index in [0.29, 0.717) is 12.6 Å². The van der Waals surface area contributed by atoms with Gasteiger partial charge >= 0.3 is 0 Å². The molecule has 23 heavy (non-hydrogen) atoms. The van der Waals surface area contributed by atoms with Gasteiger partial charge in [-0.15, -0.1) is 0 Å². The van der Waals surface area contributed by atoms with Crippen LogP contribution in [0.15, 0.2) is 53.7 Å². The van der Waals surface area contributed by atoms with Crippen LogP contribution in [0.4, 0.5) is 0 Å². The minimum Gasteiger partial charge on any atom is -0.392 e. The number of hydrogen-bond acceptors (Lipinski definition) is 4. The Labute approximate surface area is 136 Å². The van der Waals surface area contributed by atoms with E-state index in [-0.39, 0.29) is 6.61 Å². The quantitative estimate of drug-likeness (QED) is 0.688. The van der Waals surface area contributed by atoms with Crippen molar-refractivity contribution in [3.8, 4) is 11.1 Å². The van der Waals surface area contributed by atoms with E-state index in [1.165, 1.54) is 11.1 Å². The summed E-state index contributed by atoms with van der Waals surface area (Å²) in [6, 6.07) is 16.7. The first kappa shape index (κ1) is 15.7. The highest BCUT2D eigenvalue weighted by molar-refractivity contribution is 6.24. The van der Waals surface area contributed by atoms with Crippen LogP contribution in [0.1, 0.15) is 25.0 Å². The molecule has 0 heterocycles. The fraction of sp³-hybridized carbons (Fsp3) is 0.316. The Hall–Kier alpha value is -2.17. The van der Waals surface area contributed by atoms with Crippen LogP contribution in [0.5, 0.6) is 0 Å². The van der Waals surface area contributed by atoms with Crippen LogP contribution in [-0.2, 0) is 4.84 Å². The molecule has 0 spiro atoms. The fourth-order valence-corrected chi connectivity index (χ4v) is 2.71. The molecule has 0 fully saturated rings. The van der Waals surface area contributed by atoms with Crippen molar-refractivity contribution in [3.05, 3.63) is 59.7 Å². The molecule has 4 nitrogen and oxygen atoms in total. The van der Waals surface area contributed by atoms with E-state index in [4.69, 9.17) is 4.84 Å². The number of nitrogens with one attached hydrogen (secondary N) is 1. The number of oxime groups is 1. The molecule has 1 atom stereocenters. The third-order valence-corrected chi connectivity index (χ3v) is 3.84. The van der Waals surface area contributed by atoms with Gasteiger partial charge in [0.2, 0.25) is 0 Å². The van der Waals surface area contributed by atoms with Gasteiger partial charge in [0, 0.05) is 23.7 Å². The zero-order chi connectivity index (χ0) is 16.2. The second kappa shape index (κ2) is 6.94. The highest BCUT2D eigenvalue weighted by atomic mass is 16.6. The highest BCUT2D eigenvalue weighted by Crippen LogP contribution is 2.36. The van der Waals surface area contributed by atoms with Gasteiger partial charge in [-0.05, 0) is 11.1 Å². The minimum atomic E-state index is -0.575. The van der Waals surface area contributed by atoms with Crippen LogP contribution in [0.25, 0.3) is 11.1 Å². The van der Waals surface area contributed by atoms with Crippen molar-refractivity contribution < 1.29 is 9.94 Å². The van der Waals surface area contributed by atoms with Gasteiger partial charge in [0.25, 0.3) is 0 Å². The molecule has 0 radical (unpaired) electrons. The highest BCUT2D eigenvalue weighted by Gasteiger charge is 2.24. The van der Waals surface area contributed by atoms with Crippen molar-refractivity contribution in [1.82, 2.24) is 5.32 Å². The monoisotopic (exact) mass is 310 g/mol. The first-order valence-corrected chi connectivity index (χ1v) is 7.97. The minimum absolute atomic E-state index is 0.174. The molecule has 3 rings (SSSR count). The van der Waals surface area contributed by atoms with Gasteiger partial charge in [-0.3, -0.25) is 0 Å². The van der Waals surface area contributed by atoms with Gasteiger partial charge in [-0.1, -0.05) is 67.5 Å². The molecule has 2 N–H and O–H groups in total. The summed E-state index contributed by atoms with van der Waals surface area (Å²) in [5.74, 6) is 0. The molecule has 2 aromatic rings. The lowest BCUT2D eigenvalue weighted by Crippen LogP contribution is -2.34. The molecule has 0 amide bonds. The van der Waals surface area contributed by atoms with Gasteiger partial charge in [-0.2, -0.15) is 0 Å². The zero-order valence-corrected chi connectivity index (χ0v) is 13.5. The topological polar surface area (TPSA) is 53.8 Å². The molecule has 1 aliphatic carbocycles. The number of nitrogens with zero attached hydrogens (tertiary/aromatic N) is 1. The Morgan fingerprint density at radius 2 is 1.48 bits per heavy atom. The Morgan fingerprint density at radius 1 is 0.957 bits per heavy atom. The molecule has 0 saturated heterocycles. The molecular weight excluding hydrogens is 288 g/mol. The summed E-state index contributed by atoms with van der Waals surface area (Å²) in [6.07, 6.45) is -0.575. The summed E-state index contributed by atoms with van der Waals surface area (Å²) in [6.45, 7) is 4.75. The van der Waals surface area contributed by atoms with Crippen molar-refractivity contribution >= 4 is 5.71 Å². The number of aliphatic hydroxyl groups is 1. The van der Waals surface area contributed by atoms with E-state index < -0.39 is 6.10 Å². The number of aliphatic hydroxyl groups excluding tert-OH is 1. The maximum absolute atomic E-state index is 9.91. The van der Waals surface area contributed by atoms with E-state index in [2.05, 4.69) is 22.6 Å². The van der Waals surface area contributed by atoms with Crippen molar-refractivity contribution in [1.29, 1.82) is 0 Å². The van der Waals surface area contributed by atoms with Gasteiger partial charge < -0.3 is 15.3 Å². The molecule has 0 aliphatic heterocycles. The molecule has 1 unspecified atom stereocenters. The standard InChI is InChI=1S/C19H22N2O2/c1-13(2)20-11-14(22)12-23-21-19-17-9-5-3-7-15(17)16-8-4-6-10-18(16)19/h3-10,13-14,20,22H,11-12H2,1-2H3. The molecule has 4 heteroatoms. The number of hydrogen-bond donors (Lipinski definition) is 2. The smallest absolute Gasteiger partial charge is 0.144 e. The normalized spacial score (nSPS) is 13.7. The molecule has 0 bridgehead atoms. The first-order chi connectivity index (χ1) is 11.2. The summed E-state index contributed by atoms with van der Waals surface area (Å²) < 4.78 is 0. The van der Waals surface area contributed by atoms with Crippen LogP contribution < -0.4 is 5.32 Å². The predicted molar refractivity (Wildman–Crippen MR) is 92.6 cm³/mol. The van der Waals surface area contributed by atoms with Crippen LogP contribution >= 0.6 is 0 Å². The average Bonchev–Trinajstić information content (AvgIpc) is 2.88. The van der Waals surface area contributed by atoms with Crippen LogP contribution in [0.2, 0.25) is 0 Å². The molecule has 120 valence electrons. The number of fused-ring (bicyclic) bond motifs is 3. The lowest BCUT2D eigenvalue weighted by Gasteiger charge is -2.13. The molecule has 0 aromatic heterocycles. The predicted octanol–water partition coefficient (Wildman–Crippen LogP) is 2.79. The van der Waals surface area contributed by atoms with Gasteiger partial charge in [0.1, 0.15) is 18.4 Å². The molecule has 1 aliphatic rings. The number of benzene rings is 2. The summed E-state index contributed by atoms with van der Waals surface area (Å²) in [5, 5.41) is 17.4. The molecular formula is C19H22N2O2.